The fourth-order valence-corrected chi connectivity index (χ4v) is 3.09. The fourth-order valence-electron chi connectivity index (χ4n) is 3.09. The Morgan fingerprint density at radius 3 is 2.72 bits per heavy atom. The maximum absolute atomic E-state index is 12.3. The molecule has 0 aliphatic carbocycles. The van der Waals surface area contributed by atoms with Crippen LogP contribution in [0.4, 0.5) is 17.3 Å². The number of nitrogens with one attached hydrogen (secondary N) is 1. The summed E-state index contributed by atoms with van der Waals surface area (Å²) in [5.74, 6) is 1.05. The molecule has 124 valence electrons. The molecule has 25 heavy (non-hydrogen) atoms. The second kappa shape index (κ2) is 6.36. The quantitative estimate of drug-likeness (QED) is 0.795. The SMILES string of the molecule is Cc1cccc(C(=O)Nc2ccc(N3CCc4ccccc43)nn2)c1. The molecule has 0 fully saturated rings. The molecule has 2 heterocycles. The molecular weight excluding hydrogens is 312 g/mol. The van der Waals surface area contributed by atoms with E-state index in [0.717, 1.165) is 24.3 Å². The molecule has 0 spiro atoms. The molecule has 0 atom stereocenters. The normalized spacial score (nSPS) is 12.8. The number of benzene rings is 2. The number of carbonyl (C=O) groups excluding carboxylic acids is 1. The minimum Gasteiger partial charge on any atom is -0.324 e. The highest BCUT2D eigenvalue weighted by molar-refractivity contribution is 6.03. The van der Waals surface area contributed by atoms with Gasteiger partial charge in [-0.3, -0.25) is 4.79 Å². The molecule has 4 rings (SSSR count). The van der Waals surface area contributed by atoms with Crippen LogP contribution >= 0.6 is 0 Å². The molecule has 1 aliphatic heterocycles. The summed E-state index contributed by atoms with van der Waals surface area (Å²) in [5, 5.41) is 11.2. The van der Waals surface area contributed by atoms with E-state index < -0.39 is 0 Å². The van der Waals surface area contributed by atoms with E-state index in [1.54, 1.807) is 12.1 Å². The van der Waals surface area contributed by atoms with E-state index in [1.165, 1.54) is 11.3 Å². The summed E-state index contributed by atoms with van der Waals surface area (Å²) >= 11 is 0. The van der Waals surface area contributed by atoms with E-state index in [2.05, 4.69) is 38.6 Å². The third-order valence-corrected chi connectivity index (χ3v) is 4.34. The van der Waals surface area contributed by atoms with Crippen molar-refractivity contribution in [2.24, 2.45) is 0 Å². The standard InChI is InChI=1S/C20H18N4O/c1-14-5-4-7-16(13-14)20(25)21-18-9-10-19(23-22-18)24-12-11-15-6-2-3-8-17(15)24/h2-10,13H,11-12H2,1H3,(H,21,22,25). The van der Waals surface area contributed by atoms with Crippen LogP contribution in [0.1, 0.15) is 21.5 Å². The molecular formula is C20H18N4O. The van der Waals surface area contributed by atoms with Gasteiger partial charge < -0.3 is 10.2 Å². The molecule has 0 radical (unpaired) electrons. The van der Waals surface area contributed by atoms with Crippen LogP contribution in [0.25, 0.3) is 0 Å². The second-order valence-corrected chi connectivity index (χ2v) is 6.13. The highest BCUT2D eigenvalue weighted by Crippen LogP contribution is 2.32. The summed E-state index contributed by atoms with van der Waals surface area (Å²) in [6, 6.07) is 19.4. The summed E-state index contributed by atoms with van der Waals surface area (Å²) in [5.41, 5.74) is 4.15. The summed E-state index contributed by atoms with van der Waals surface area (Å²) < 4.78 is 0. The molecule has 5 heteroatoms. The predicted octanol–water partition coefficient (Wildman–Crippen LogP) is 3.73. The molecule has 1 N–H and O–H groups in total. The van der Waals surface area contributed by atoms with E-state index in [4.69, 9.17) is 0 Å². The largest absolute Gasteiger partial charge is 0.324 e. The van der Waals surface area contributed by atoms with Crippen molar-refractivity contribution < 1.29 is 4.79 Å². The van der Waals surface area contributed by atoms with Crippen molar-refractivity contribution in [2.45, 2.75) is 13.3 Å². The van der Waals surface area contributed by atoms with Crippen molar-refractivity contribution in [3.05, 3.63) is 77.4 Å². The van der Waals surface area contributed by atoms with Crippen molar-refractivity contribution in [1.82, 2.24) is 10.2 Å². The number of fused-ring (bicyclic) bond motifs is 1. The Kier molecular flexibility index (Phi) is 3.90. The Morgan fingerprint density at radius 1 is 1.04 bits per heavy atom. The van der Waals surface area contributed by atoms with Gasteiger partial charge in [0, 0.05) is 17.8 Å². The number of anilines is 3. The molecule has 0 saturated heterocycles. The van der Waals surface area contributed by atoms with Gasteiger partial charge in [-0.15, -0.1) is 10.2 Å². The average molecular weight is 330 g/mol. The molecule has 0 bridgehead atoms. The zero-order chi connectivity index (χ0) is 17.2. The zero-order valence-corrected chi connectivity index (χ0v) is 13.9. The maximum atomic E-state index is 12.3. The molecule has 3 aromatic rings. The molecule has 1 amide bonds. The molecule has 1 aromatic heterocycles. The van der Waals surface area contributed by atoms with Crippen LogP contribution in [-0.2, 0) is 6.42 Å². The number of aryl methyl sites for hydroxylation is 1. The number of hydrogen-bond donors (Lipinski definition) is 1. The highest BCUT2D eigenvalue weighted by atomic mass is 16.1. The number of hydrogen-bond acceptors (Lipinski definition) is 4. The van der Waals surface area contributed by atoms with Crippen molar-refractivity contribution in [2.75, 3.05) is 16.8 Å². The number of aromatic nitrogens is 2. The topological polar surface area (TPSA) is 58.1 Å². The third kappa shape index (κ3) is 3.08. The fraction of sp³-hybridized carbons (Fsp3) is 0.150. The maximum Gasteiger partial charge on any atom is 0.256 e. The van der Waals surface area contributed by atoms with Gasteiger partial charge in [-0.25, -0.2) is 0 Å². The Bertz CT molecular complexity index is 921. The van der Waals surface area contributed by atoms with E-state index in [-0.39, 0.29) is 5.91 Å². The number of carbonyl (C=O) groups is 1. The van der Waals surface area contributed by atoms with Crippen LogP contribution in [-0.4, -0.2) is 22.6 Å². The smallest absolute Gasteiger partial charge is 0.256 e. The van der Waals surface area contributed by atoms with Gasteiger partial charge in [0.2, 0.25) is 0 Å². The Morgan fingerprint density at radius 2 is 1.92 bits per heavy atom. The van der Waals surface area contributed by atoms with Gasteiger partial charge >= 0.3 is 0 Å². The predicted molar refractivity (Wildman–Crippen MR) is 98.3 cm³/mol. The van der Waals surface area contributed by atoms with Crippen molar-refractivity contribution >= 4 is 23.2 Å². The first kappa shape index (κ1) is 15.3. The summed E-state index contributed by atoms with van der Waals surface area (Å²) in [6.07, 6.45) is 1.00. The van der Waals surface area contributed by atoms with Crippen LogP contribution in [0.3, 0.4) is 0 Å². The van der Waals surface area contributed by atoms with E-state index in [1.807, 2.05) is 37.3 Å². The minimum atomic E-state index is -0.183. The van der Waals surface area contributed by atoms with Crippen LogP contribution in [0.2, 0.25) is 0 Å². The van der Waals surface area contributed by atoms with Gasteiger partial charge in [-0.05, 0) is 49.2 Å². The van der Waals surface area contributed by atoms with Crippen LogP contribution in [0, 0.1) is 6.92 Å². The summed E-state index contributed by atoms with van der Waals surface area (Å²) in [7, 11) is 0. The Hall–Kier alpha value is -3.21. The van der Waals surface area contributed by atoms with E-state index in [9.17, 15) is 4.79 Å². The van der Waals surface area contributed by atoms with E-state index in [0.29, 0.717) is 11.4 Å². The van der Waals surface area contributed by atoms with Crippen molar-refractivity contribution in [1.29, 1.82) is 0 Å². The molecule has 2 aromatic carbocycles. The zero-order valence-electron chi connectivity index (χ0n) is 13.9. The second-order valence-electron chi connectivity index (χ2n) is 6.13. The lowest BCUT2D eigenvalue weighted by Gasteiger charge is -2.17. The van der Waals surface area contributed by atoms with Crippen molar-refractivity contribution in [3.8, 4) is 0 Å². The van der Waals surface area contributed by atoms with Gasteiger partial charge in [0.05, 0.1) is 0 Å². The number of amides is 1. The van der Waals surface area contributed by atoms with Crippen molar-refractivity contribution in [3.63, 3.8) is 0 Å². The Balaban J connectivity index is 1.50. The summed E-state index contributed by atoms with van der Waals surface area (Å²) in [4.78, 5) is 14.4. The monoisotopic (exact) mass is 330 g/mol. The molecule has 5 nitrogen and oxygen atoms in total. The summed E-state index contributed by atoms with van der Waals surface area (Å²) in [6.45, 7) is 2.85. The first-order chi connectivity index (χ1) is 12.2. The van der Waals surface area contributed by atoms with E-state index >= 15 is 0 Å². The Labute approximate surface area is 146 Å². The lowest BCUT2D eigenvalue weighted by Crippen LogP contribution is -2.17. The number of rotatable bonds is 3. The van der Waals surface area contributed by atoms with Crippen LogP contribution < -0.4 is 10.2 Å². The van der Waals surface area contributed by atoms with Gasteiger partial charge in [0.25, 0.3) is 5.91 Å². The molecule has 0 unspecified atom stereocenters. The minimum absolute atomic E-state index is 0.183. The van der Waals surface area contributed by atoms with Gasteiger partial charge in [-0.1, -0.05) is 35.9 Å². The third-order valence-electron chi connectivity index (χ3n) is 4.34. The molecule has 0 saturated carbocycles. The lowest BCUT2D eigenvalue weighted by atomic mass is 10.1. The first-order valence-corrected chi connectivity index (χ1v) is 8.28. The van der Waals surface area contributed by atoms with Gasteiger partial charge in [0.1, 0.15) is 0 Å². The number of para-hydroxylation sites is 1. The highest BCUT2D eigenvalue weighted by Gasteiger charge is 2.21. The van der Waals surface area contributed by atoms with Gasteiger partial charge in [0.15, 0.2) is 11.6 Å². The average Bonchev–Trinajstić information content (AvgIpc) is 3.06. The lowest BCUT2D eigenvalue weighted by molar-refractivity contribution is 0.102. The van der Waals surface area contributed by atoms with Crippen LogP contribution in [0.15, 0.2) is 60.7 Å². The van der Waals surface area contributed by atoms with Gasteiger partial charge in [-0.2, -0.15) is 0 Å². The molecule has 1 aliphatic rings. The first-order valence-electron chi connectivity index (χ1n) is 8.28. The number of nitrogens with zero attached hydrogens (tertiary/aromatic N) is 3. The van der Waals surface area contributed by atoms with Crippen LogP contribution in [0.5, 0.6) is 0 Å².